The van der Waals surface area contributed by atoms with Crippen LogP contribution >= 0.6 is 38.6 Å². The molecular weight excluding hydrogens is 322 g/mol. The average Bonchev–Trinajstić information content (AvgIpc) is 2.89. The van der Waals surface area contributed by atoms with E-state index in [2.05, 4.69) is 21.2 Å². The zero-order chi connectivity index (χ0) is 12.3. The lowest BCUT2D eigenvalue weighted by atomic mass is 10.4. The Morgan fingerprint density at radius 1 is 1.35 bits per heavy atom. The fraction of sp³-hybridized carbons (Fsp3) is 0.182. The van der Waals surface area contributed by atoms with E-state index in [1.165, 1.54) is 16.2 Å². The Morgan fingerprint density at radius 3 is 2.76 bits per heavy atom. The summed E-state index contributed by atoms with van der Waals surface area (Å²) in [6, 6.07) is 5.52. The van der Waals surface area contributed by atoms with Gasteiger partial charge < -0.3 is 10.4 Å². The van der Waals surface area contributed by atoms with Crippen LogP contribution in [0.4, 0.5) is 0 Å². The minimum atomic E-state index is -0.859. The molecule has 0 atom stereocenters. The second-order valence-electron chi connectivity index (χ2n) is 3.37. The number of nitrogens with one attached hydrogen (secondary N) is 1. The van der Waals surface area contributed by atoms with E-state index >= 15 is 0 Å². The topological polar surface area (TPSA) is 49.3 Å². The Hall–Kier alpha value is -0.690. The minimum absolute atomic E-state index is 0.388. The molecule has 0 unspecified atom stereocenters. The Morgan fingerprint density at radius 2 is 2.18 bits per heavy atom. The van der Waals surface area contributed by atoms with Crippen molar-refractivity contribution in [1.82, 2.24) is 5.32 Å². The van der Waals surface area contributed by atoms with E-state index in [1.54, 1.807) is 17.4 Å². The summed E-state index contributed by atoms with van der Waals surface area (Å²) in [7, 11) is 0. The number of carboxylic acid groups (broad SMARTS) is 1. The summed E-state index contributed by atoms with van der Waals surface area (Å²) in [6.45, 7) is 1.49. The third kappa shape index (κ3) is 3.38. The maximum Gasteiger partial charge on any atom is 0.345 e. The first kappa shape index (κ1) is 12.8. The van der Waals surface area contributed by atoms with Gasteiger partial charge in [0.25, 0.3) is 0 Å². The molecule has 90 valence electrons. The molecule has 6 heteroatoms. The largest absolute Gasteiger partial charge is 0.477 e. The summed E-state index contributed by atoms with van der Waals surface area (Å²) in [6.07, 6.45) is 0. The zero-order valence-corrected chi connectivity index (χ0v) is 12.0. The highest BCUT2D eigenvalue weighted by Gasteiger charge is 2.06. The van der Waals surface area contributed by atoms with Crippen LogP contribution in [0.3, 0.4) is 0 Å². The molecule has 0 radical (unpaired) electrons. The van der Waals surface area contributed by atoms with Crippen molar-refractivity contribution in [2.45, 2.75) is 13.1 Å². The number of carboxylic acids is 1. The van der Waals surface area contributed by atoms with Gasteiger partial charge in [0.2, 0.25) is 0 Å². The van der Waals surface area contributed by atoms with Crippen LogP contribution in [0.2, 0.25) is 0 Å². The average molecular weight is 332 g/mol. The minimum Gasteiger partial charge on any atom is -0.477 e. The van der Waals surface area contributed by atoms with Crippen LogP contribution < -0.4 is 5.32 Å². The van der Waals surface area contributed by atoms with Gasteiger partial charge in [-0.05, 0) is 39.5 Å². The molecule has 3 nitrogen and oxygen atoms in total. The Labute approximate surface area is 115 Å². The molecule has 17 heavy (non-hydrogen) atoms. The van der Waals surface area contributed by atoms with Crippen LogP contribution in [0.15, 0.2) is 28.1 Å². The van der Waals surface area contributed by atoms with Gasteiger partial charge in [-0.25, -0.2) is 4.79 Å². The standard InChI is InChI=1S/C11H10BrNO2S2/c12-8-3-4-16-10(8)6-13-5-7-1-2-9(17-7)11(14)15/h1-4,13H,5-6H2,(H,14,15). The molecule has 0 aliphatic carbocycles. The van der Waals surface area contributed by atoms with Gasteiger partial charge in [0, 0.05) is 27.3 Å². The van der Waals surface area contributed by atoms with Crippen LogP contribution in [0.1, 0.15) is 19.4 Å². The molecule has 0 saturated carbocycles. The highest BCUT2D eigenvalue weighted by Crippen LogP contribution is 2.22. The van der Waals surface area contributed by atoms with E-state index in [0.29, 0.717) is 11.4 Å². The quantitative estimate of drug-likeness (QED) is 0.880. The Bertz CT molecular complexity index is 521. The monoisotopic (exact) mass is 331 g/mol. The van der Waals surface area contributed by atoms with Crippen LogP contribution in [-0.4, -0.2) is 11.1 Å². The van der Waals surface area contributed by atoms with Crippen molar-refractivity contribution in [2.24, 2.45) is 0 Å². The molecule has 2 aromatic heterocycles. The molecule has 0 aliphatic rings. The Balaban J connectivity index is 1.86. The third-order valence-corrected chi connectivity index (χ3v) is 5.15. The van der Waals surface area contributed by atoms with Crippen molar-refractivity contribution in [2.75, 3.05) is 0 Å². The summed E-state index contributed by atoms with van der Waals surface area (Å²) in [4.78, 5) is 13.4. The smallest absolute Gasteiger partial charge is 0.345 e. The second-order valence-corrected chi connectivity index (χ2v) is 6.39. The van der Waals surface area contributed by atoms with Crippen molar-refractivity contribution >= 4 is 44.6 Å². The van der Waals surface area contributed by atoms with E-state index in [0.717, 1.165) is 15.9 Å². The SMILES string of the molecule is O=C(O)c1ccc(CNCc2sccc2Br)s1. The van der Waals surface area contributed by atoms with Crippen molar-refractivity contribution < 1.29 is 9.90 Å². The lowest BCUT2D eigenvalue weighted by molar-refractivity contribution is 0.0702. The van der Waals surface area contributed by atoms with Crippen LogP contribution in [0.25, 0.3) is 0 Å². The van der Waals surface area contributed by atoms with Gasteiger partial charge in [0.05, 0.1) is 0 Å². The molecule has 0 saturated heterocycles. The maximum absolute atomic E-state index is 10.7. The zero-order valence-electron chi connectivity index (χ0n) is 8.77. The first-order chi connectivity index (χ1) is 8.16. The van der Waals surface area contributed by atoms with Crippen molar-refractivity contribution in [3.8, 4) is 0 Å². The molecule has 0 amide bonds. The molecule has 2 rings (SSSR count). The summed E-state index contributed by atoms with van der Waals surface area (Å²) in [5.74, 6) is -0.859. The molecule has 0 fully saturated rings. The number of carbonyl (C=O) groups is 1. The van der Waals surface area contributed by atoms with Gasteiger partial charge in [0.15, 0.2) is 0 Å². The molecule has 0 aromatic carbocycles. The normalized spacial score (nSPS) is 10.6. The number of rotatable bonds is 5. The van der Waals surface area contributed by atoms with Gasteiger partial charge >= 0.3 is 5.97 Å². The van der Waals surface area contributed by atoms with Crippen LogP contribution in [-0.2, 0) is 13.1 Å². The van der Waals surface area contributed by atoms with Gasteiger partial charge in [0.1, 0.15) is 4.88 Å². The third-order valence-electron chi connectivity index (χ3n) is 2.15. The number of hydrogen-bond acceptors (Lipinski definition) is 4. The predicted molar refractivity (Wildman–Crippen MR) is 73.8 cm³/mol. The first-order valence-electron chi connectivity index (χ1n) is 4.91. The first-order valence-corrected chi connectivity index (χ1v) is 7.40. The molecule has 2 aromatic rings. The van der Waals surface area contributed by atoms with Gasteiger partial charge in [-0.2, -0.15) is 0 Å². The lowest BCUT2D eigenvalue weighted by Gasteiger charge is -2.01. The Kier molecular flexibility index (Phi) is 4.33. The van der Waals surface area contributed by atoms with E-state index in [-0.39, 0.29) is 0 Å². The number of thiophene rings is 2. The molecule has 2 heterocycles. The highest BCUT2D eigenvalue weighted by molar-refractivity contribution is 9.10. The van der Waals surface area contributed by atoms with Crippen LogP contribution in [0.5, 0.6) is 0 Å². The molecular formula is C11H10BrNO2S2. The number of halogens is 1. The summed E-state index contributed by atoms with van der Waals surface area (Å²) < 4.78 is 1.12. The molecule has 0 aliphatic heterocycles. The maximum atomic E-state index is 10.7. The van der Waals surface area contributed by atoms with Gasteiger partial charge in [-0.15, -0.1) is 22.7 Å². The summed E-state index contributed by atoms with van der Waals surface area (Å²) >= 11 is 6.48. The highest BCUT2D eigenvalue weighted by atomic mass is 79.9. The van der Waals surface area contributed by atoms with Crippen molar-refractivity contribution in [3.63, 3.8) is 0 Å². The van der Waals surface area contributed by atoms with Crippen molar-refractivity contribution in [3.05, 3.63) is 42.7 Å². The fourth-order valence-corrected chi connectivity index (χ4v) is 3.62. The summed E-state index contributed by atoms with van der Waals surface area (Å²) in [5, 5.41) is 14.1. The van der Waals surface area contributed by atoms with Gasteiger partial charge in [-0.1, -0.05) is 0 Å². The van der Waals surface area contributed by atoms with E-state index < -0.39 is 5.97 Å². The van der Waals surface area contributed by atoms with E-state index in [9.17, 15) is 4.79 Å². The lowest BCUT2D eigenvalue weighted by Crippen LogP contribution is -2.10. The second kappa shape index (κ2) is 5.77. The van der Waals surface area contributed by atoms with Gasteiger partial charge in [-0.3, -0.25) is 0 Å². The number of hydrogen-bond donors (Lipinski definition) is 2. The van der Waals surface area contributed by atoms with Crippen molar-refractivity contribution in [1.29, 1.82) is 0 Å². The number of aromatic carboxylic acids is 1. The van der Waals surface area contributed by atoms with E-state index in [1.807, 2.05) is 17.5 Å². The summed E-state index contributed by atoms with van der Waals surface area (Å²) in [5.41, 5.74) is 0. The fourth-order valence-electron chi connectivity index (χ4n) is 1.34. The molecule has 0 bridgehead atoms. The van der Waals surface area contributed by atoms with E-state index in [4.69, 9.17) is 5.11 Å². The predicted octanol–water partition coefficient (Wildman–Crippen LogP) is 3.56. The molecule has 0 spiro atoms. The molecule has 2 N–H and O–H groups in total. The van der Waals surface area contributed by atoms with Crippen LogP contribution in [0, 0.1) is 0 Å².